The van der Waals surface area contributed by atoms with Gasteiger partial charge in [-0.1, -0.05) is 23.7 Å². The largest absolute Gasteiger partial charge is 0.383 e. The molecule has 3 N–H and O–H groups in total. The highest BCUT2D eigenvalue weighted by molar-refractivity contribution is 9.10. The lowest BCUT2D eigenvalue weighted by atomic mass is 10.2. The van der Waals surface area contributed by atoms with E-state index in [0.717, 1.165) is 11.3 Å². The zero-order chi connectivity index (χ0) is 12.4. The van der Waals surface area contributed by atoms with E-state index in [2.05, 4.69) is 31.2 Å². The summed E-state index contributed by atoms with van der Waals surface area (Å²) in [5.74, 6) is 0.794. The van der Waals surface area contributed by atoms with Crippen LogP contribution < -0.4 is 11.1 Å². The highest BCUT2D eigenvalue weighted by Crippen LogP contribution is 2.27. The number of anilines is 3. The molecule has 6 heteroatoms. The van der Waals surface area contributed by atoms with Gasteiger partial charge in [-0.3, -0.25) is 0 Å². The van der Waals surface area contributed by atoms with Crippen molar-refractivity contribution in [1.29, 1.82) is 0 Å². The predicted octanol–water partition coefficient (Wildman–Crippen LogP) is 3.53. The number of benzene rings is 1. The molecular formula is C11H10BrClN4. The predicted molar refractivity (Wildman–Crippen MR) is 73.6 cm³/mol. The molecule has 0 radical (unpaired) electrons. The fraction of sp³-hybridized carbons (Fsp3) is 0.0909. The van der Waals surface area contributed by atoms with Gasteiger partial charge in [-0.05, 0) is 34.5 Å². The van der Waals surface area contributed by atoms with Crippen LogP contribution in [0.3, 0.4) is 0 Å². The van der Waals surface area contributed by atoms with E-state index in [1.807, 2.05) is 25.1 Å². The summed E-state index contributed by atoms with van der Waals surface area (Å²) in [6.07, 6.45) is 0. The molecule has 1 heterocycles. The first kappa shape index (κ1) is 12.1. The summed E-state index contributed by atoms with van der Waals surface area (Å²) < 4.78 is 0.622. The van der Waals surface area contributed by atoms with Crippen LogP contribution in [0.25, 0.3) is 0 Å². The van der Waals surface area contributed by atoms with Crippen molar-refractivity contribution in [1.82, 2.24) is 9.97 Å². The van der Waals surface area contributed by atoms with E-state index in [4.69, 9.17) is 17.3 Å². The number of nitrogens with zero attached hydrogens (tertiary/aromatic N) is 2. The van der Waals surface area contributed by atoms with Crippen molar-refractivity contribution in [2.75, 3.05) is 11.1 Å². The van der Waals surface area contributed by atoms with Gasteiger partial charge in [-0.2, -0.15) is 4.98 Å². The summed E-state index contributed by atoms with van der Waals surface area (Å²) in [6.45, 7) is 1.93. The molecule has 1 aromatic carbocycles. The van der Waals surface area contributed by atoms with Crippen molar-refractivity contribution in [2.24, 2.45) is 0 Å². The maximum absolute atomic E-state index is 6.16. The van der Waals surface area contributed by atoms with Gasteiger partial charge >= 0.3 is 0 Å². The van der Waals surface area contributed by atoms with Crippen molar-refractivity contribution in [3.63, 3.8) is 0 Å². The van der Waals surface area contributed by atoms with Crippen LogP contribution in [0.5, 0.6) is 0 Å². The van der Waals surface area contributed by atoms with Crippen LogP contribution in [-0.2, 0) is 0 Å². The molecular weight excluding hydrogens is 304 g/mol. The number of nitrogens with one attached hydrogen (secondary N) is 1. The number of hydrogen-bond acceptors (Lipinski definition) is 4. The molecule has 0 bridgehead atoms. The first-order valence-corrected chi connectivity index (χ1v) is 6.05. The quantitative estimate of drug-likeness (QED) is 0.833. The molecule has 0 aliphatic heterocycles. The number of halogens is 2. The Morgan fingerprint density at radius 2 is 2.12 bits per heavy atom. The van der Waals surface area contributed by atoms with Gasteiger partial charge in [0.15, 0.2) is 0 Å². The maximum Gasteiger partial charge on any atom is 0.230 e. The Morgan fingerprint density at radius 1 is 1.35 bits per heavy atom. The van der Waals surface area contributed by atoms with E-state index in [9.17, 15) is 0 Å². The molecule has 88 valence electrons. The van der Waals surface area contributed by atoms with Crippen molar-refractivity contribution < 1.29 is 0 Å². The summed E-state index contributed by atoms with van der Waals surface area (Å²) in [6, 6.07) is 7.33. The minimum Gasteiger partial charge on any atom is -0.383 e. The van der Waals surface area contributed by atoms with Gasteiger partial charge in [-0.25, -0.2) is 4.98 Å². The van der Waals surface area contributed by atoms with Crippen LogP contribution >= 0.6 is 27.5 Å². The van der Waals surface area contributed by atoms with E-state index in [1.54, 1.807) is 6.07 Å². The van der Waals surface area contributed by atoms with E-state index in [0.29, 0.717) is 21.4 Å². The third-order valence-corrected chi connectivity index (χ3v) is 3.06. The van der Waals surface area contributed by atoms with Gasteiger partial charge in [0.2, 0.25) is 5.95 Å². The normalized spacial score (nSPS) is 10.3. The average molecular weight is 314 g/mol. The van der Waals surface area contributed by atoms with Crippen LogP contribution in [0.1, 0.15) is 5.56 Å². The van der Waals surface area contributed by atoms with Crippen molar-refractivity contribution in [3.05, 3.63) is 39.5 Å². The molecule has 0 spiro atoms. The molecule has 0 atom stereocenters. The molecule has 2 rings (SSSR count). The Kier molecular flexibility index (Phi) is 3.49. The van der Waals surface area contributed by atoms with Crippen LogP contribution in [0.15, 0.2) is 28.9 Å². The highest BCUT2D eigenvalue weighted by Gasteiger charge is 2.06. The molecule has 0 amide bonds. The third-order valence-electron chi connectivity index (χ3n) is 2.15. The van der Waals surface area contributed by atoms with E-state index in [1.165, 1.54) is 0 Å². The molecule has 0 saturated heterocycles. The molecule has 2 aromatic rings. The zero-order valence-corrected chi connectivity index (χ0v) is 11.4. The number of nitrogens with two attached hydrogens (primary N) is 1. The lowest BCUT2D eigenvalue weighted by Gasteiger charge is -2.09. The standard InChI is InChI=1S/C11H10BrClN4/c1-6-3-2-4-7(10(6)13)15-11-16-8(12)5-9(14)17-11/h2-5H,1H3,(H3,14,15,16,17). The first-order chi connectivity index (χ1) is 8.06. The lowest BCUT2D eigenvalue weighted by Crippen LogP contribution is -2.01. The van der Waals surface area contributed by atoms with Crippen molar-refractivity contribution >= 4 is 45.0 Å². The number of rotatable bonds is 2. The van der Waals surface area contributed by atoms with Gasteiger partial charge in [0.05, 0.1) is 10.7 Å². The van der Waals surface area contributed by atoms with Crippen LogP contribution in [0, 0.1) is 6.92 Å². The molecule has 0 unspecified atom stereocenters. The monoisotopic (exact) mass is 312 g/mol. The fourth-order valence-corrected chi connectivity index (χ4v) is 1.93. The Morgan fingerprint density at radius 3 is 2.82 bits per heavy atom. The fourth-order valence-electron chi connectivity index (χ4n) is 1.36. The molecule has 0 aliphatic rings. The average Bonchev–Trinajstić information content (AvgIpc) is 2.23. The number of aryl methyl sites for hydroxylation is 1. The topological polar surface area (TPSA) is 63.8 Å². The molecule has 17 heavy (non-hydrogen) atoms. The highest BCUT2D eigenvalue weighted by atomic mass is 79.9. The molecule has 0 saturated carbocycles. The summed E-state index contributed by atoms with van der Waals surface area (Å²) in [7, 11) is 0. The Labute approximate surface area is 112 Å². The van der Waals surface area contributed by atoms with Gasteiger partial charge in [0.25, 0.3) is 0 Å². The SMILES string of the molecule is Cc1cccc(Nc2nc(N)cc(Br)n2)c1Cl. The summed E-state index contributed by atoms with van der Waals surface area (Å²) in [5, 5.41) is 3.68. The zero-order valence-electron chi connectivity index (χ0n) is 9.04. The van der Waals surface area contributed by atoms with Gasteiger partial charge in [-0.15, -0.1) is 0 Å². The summed E-state index contributed by atoms with van der Waals surface area (Å²) in [5.41, 5.74) is 7.37. The van der Waals surface area contributed by atoms with Crippen LogP contribution in [-0.4, -0.2) is 9.97 Å². The van der Waals surface area contributed by atoms with E-state index < -0.39 is 0 Å². The second-order valence-electron chi connectivity index (χ2n) is 3.50. The van der Waals surface area contributed by atoms with Gasteiger partial charge in [0.1, 0.15) is 10.4 Å². The molecule has 4 nitrogen and oxygen atoms in total. The maximum atomic E-state index is 6.16. The molecule has 1 aromatic heterocycles. The Balaban J connectivity index is 2.34. The van der Waals surface area contributed by atoms with Crippen molar-refractivity contribution in [2.45, 2.75) is 6.92 Å². The number of hydrogen-bond donors (Lipinski definition) is 2. The van der Waals surface area contributed by atoms with Gasteiger partial charge in [0, 0.05) is 6.07 Å². The third kappa shape index (κ3) is 2.87. The van der Waals surface area contributed by atoms with Crippen molar-refractivity contribution in [3.8, 4) is 0 Å². The Hall–Kier alpha value is -1.33. The van der Waals surface area contributed by atoms with Gasteiger partial charge < -0.3 is 11.1 Å². The minimum atomic E-state index is 0.387. The van der Waals surface area contributed by atoms with E-state index >= 15 is 0 Å². The molecule has 0 fully saturated rings. The number of nitrogen functional groups attached to an aromatic ring is 1. The summed E-state index contributed by atoms with van der Waals surface area (Å²) in [4.78, 5) is 8.22. The number of aromatic nitrogens is 2. The second-order valence-corrected chi connectivity index (χ2v) is 4.69. The Bertz CT molecular complexity index is 539. The van der Waals surface area contributed by atoms with Crippen LogP contribution in [0.4, 0.5) is 17.5 Å². The summed E-state index contributed by atoms with van der Waals surface area (Å²) >= 11 is 9.42. The van der Waals surface area contributed by atoms with Crippen LogP contribution in [0.2, 0.25) is 5.02 Å². The second kappa shape index (κ2) is 4.89. The molecule has 0 aliphatic carbocycles. The minimum absolute atomic E-state index is 0.387. The lowest BCUT2D eigenvalue weighted by molar-refractivity contribution is 1.15. The first-order valence-electron chi connectivity index (χ1n) is 4.88. The smallest absolute Gasteiger partial charge is 0.230 e. The van der Waals surface area contributed by atoms with E-state index in [-0.39, 0.29) is 0 Å².